The number of nitrogens with zero attached hydrogens (tertiary/aromatic N) is 3. The Morgan fingerprint density at radius 1 is 1.28 bits per heavy atom. The Labute approximate surface area is 109 Å². The van der Waals surface area contributed by atoms with Crippen molar-refractivity contribution in [2.24, 2.45) is 5.92 Å². The predicted octanol–water partition coefficient (Wildman–Crippen LogP) is 1.50. The quantitative estimate of drug-likeness (QED) is 0.847. The lowest BCUT2D eigenvalue weighted by Gasteiger charge is -2.15. The van der Waals surface area contributed by atoms with Crippen LogP contribution in [0.25, 0.3) is 0 Å². The van der Waals surface area contributed by atoms with Gasteiger partial charge in [0.2, 0.25) is 0 Å². The van der Waals surface area contributed by atoms with Crippen molar-refractivity contribution >= 4 is 11.6 Å². The van der Waals surface area contributed by atoms with Gasteiger partial charge in [-0.25, -0.2) is 9.97 Å². The Bertz CT molecular complexity index is 418. The van der Waals surface area contributed by atoms with Crippen LogP contribution >= 0.6 is 0 Å². The summed E-state index contributed by atoms with van der Waals surface area (Å²) in [5.41, 5.74) is 1.09. The van der Waals surface area contributed by atoms with Gasteiger partial charge >= 0.3 is 0 Å². The van der Waals surface area contributed by atoms with E-state index in [4.69, 9.17) is 0 Å². The lowest BCUT2D eigenvalue weighted by atomic mass is 10.1. The minimum atomic E-state index is 0.725. The van der Waals surface area contributed by atoms with Gasteiger partial charge in [0.15, 0.2) is 0 Å². The topological polar surface area (TPSA) is 53.1 Å². The van der Waals surface area contributed by atoms with Gasteiger partial charge in [-0.1, -0.05) is 0 Å². The van der Waals surface area contributed by atoms with E-state index in [1.54, 1.807) is 0 Å². The molecule has 1 aromatic rings. The normalized spacial score (nSPS) is 20.1. The van der Waals surface area contributed by atoms with Crippen LogP contribution in [-0.4, -0.2) is 48.6 Å². The molecule has 0 aliphatic carbocycles. The Kier molecular flexibility index (Phi) is 4.01. The lowest BCUT2D eigenvalue weighted by Crippen LogP contribution is -2.20. The van der Waals surface area contributed by atoms with Crippen LogP contribution in [0.5, 0.6) is 0 Å². The zero-order valence-corrected chi connectivity index (χ0v) is 11.7. The standard InChI is InChI=1S/C13H23N5/c1-9-12(14-3)16-10(2)17-13(9)15-7-11-5-6-18(4)8-11/h11H,5-8H2,1-4H3,(H2,14,15,16,17). The lowest BCUT2D eigenvalue weighted by molar-refractivity contribution is 0.399. The van der Waals surface area contributed by atoms with Crippen molar-refractivity contribution in [1.29, 1.82) is 0 Å². The van der Waals surface area contributed by atoms with Crippen LogP contribution in [0.15, 0.2) is 0 Å². The van der Waals surface area contributed by atoms with E-state index in [1.165, 1.54) is 19.5 Å². The summed E-state index contributed by atoms with van der Waals surface area (Å²) >= 11 is 0. The molecule has 2 rings (SSSR count). The van der Waals surface area contributed by atoms with Crippen LogP contribution in [0.1, 0.15) is 17.8 Å². The molecule has 0 amide bonds. The minimum absolute atomic E-state index is 0.725. The van der Waals surface area contributed by atoms with Crippen LogP contribution < -0.4 is 10.6 Å². The predicted molar refractivity (Wildman–Crippen MR) is 75.1 cm³/mol. The summed E-state index contributed by atoms with van der Waals surface area (Å²) in [4.78, 5) is 11.2. The largest absolute Gasteiger partial charge is 0.373 e. The highest BCUT2D eigenvalue weighted by Gasteiger charge is 2.19. The van der Waals surface area contributed by atoms with Gasteiger partial charge in [0.05, 0.1) is 0 Å². The van der Waals surface area contributed by atoms with E-state index in [0.717, 1.165) is 35.5 Å². The Morgan fingerprint density at radius 3 is 2.61 bits per heavy atom. The molecule has 1 atom stereocenters. The van der Waals surface area contributed by atoms with Gasteiger partial charge < -0.3 is 15.5 Å². The van der Waals surface area contributed by atoms with Crippen LogP contribution in [-0.2, 0) is 0 Å². The van der Waals surface area contributed by atoms with Crippen molar-refractivity contribution < 1.29 is 0 Å². The van der Waals surface area contributed by atoms with E-state index in [1.807, 2.05) is 20.9 Å². The van der Waals surface area contributed by atoms with Crippen LogP contribution in [0.2, 0.25) is 0 Å². The minimum Gasteiger partial charge on any atom is -0.373 e. The van der Waals surface area contributed by atoms with Crippen molar-refractivity contribution in [1.82, 2.24) is 14.9 Å². The number of nitrogens with one attached hydrogen (secondary N) is 2. The van der Waals surface area contributed by atoms with E-state index in [-0.39, 0.29) is 0 Å². The molecule has 0 saturated carbocycles. The molecule has 1 saturated heterocycles. The number of hydrogen-bond acceptors (Lipinski definition) is 5. The number of anilines is 2. The van der Waals surface area contributed by atoms with E-state index in [9.17, 15) is 0 Å². The highest BCUT2D eigenvalue weighted by Crippen LogP contribution is 2.21. The monoisotopic (exact) mass is 249 g/mol. The molecule has 0 spiro atoms. The number of aryl methyl sites for hydroxylation is 1. The second kappa shape index (κ2) is 5.52. The van der Waals surface area contributed by atoms with Gasteiger partial charge in [-0.15, -0.1) is 0 Å². The Morgan fingerprint density at radius 2 is 2.00 bits per heavy atom. The molecule has 2 N–H and O–H groups in total. The zero-order valence-electron chi connectivity index (χ0n) is 11.7. The van der Waals surface area contributed by atoms with Gasteiger partial charge in [-0.05, 0) is 39.8 Å². The summed E-state index contributed by atoms with van der Waals surface area (Å²) in [7, 11) is 4.07. The molecule has 1 aliphatic rings. The molecule has 0 aromatic carbocycles. The SMILES string of the molecule is CNc1nc(C)nc(NCC2CCN(C)C2)c1C. The highest BCUT2D eigenvalue weighted by molar-refractivity contribution is 5.56. The molecular weight excluding hydrogens is 226 g/mol. The first kappa shape index (κ1) is 13.1. The smallest absolute Gasteiger partial charge is 0.134 e. The van der Waals surface area contributed by atoms with Crippen LogP contribution in [0, 0.1) is 19.8 Å². The number of aromatic nitrogens is 2. The van der Waals surface area contributed by atoms with Crippen LogP contribution in [0.3, 0.4) is 0 Å². The van der Waals surface area contributed by atoms with Crippen molar-refractivity contribution in [3.63, 3.8) is 0 Å². The second-order valence-corrected chi connectivity index (χ2v) is 5.14. The Balaban J connectivity index is 2.02. The maximum absolute atomic E-state index is 4.49. The summed E-state index contributed by atoms with van der Waals surface area (Å²) in [6.07, 6.45) is 1.27. The van der Waals surface area contributed by atoms with Gasteiger partial charge in [0.1, 0.15) is 17.5 Å². The first-order valence-electron chi connectivity index (χ1n) is 6.55. The van der Waals surface area contributed by atoms with Crippen LogP contribution in [0.4, 0.5) is 11.6 Å². The fourth-order valence-corrected chi connectivity index (χ4v) is 2.48. The molecule has 2 heterocycles. The van der Waals surface area contributed by atoms with E-state index in [2.05, 4.69) is 32.5 Å². The molecule has 0 bridgehead atoms. The summed E-state index contributed by atoms with van der Waals surface area (Å²) < 4.78 is 0. The number of likely N-dealkylation sites (tertiary alicyclic amines) is 1. The van der Waals surface area contributed by atoms with Crippen molar-refractivity contribution in [2.75, 3.05) is 44.4 Å². The molecule has 5 nitrogen and oxygen atoms in total. The summed E-state index contributed by atoms with van der Waals surface area (Å²) in [5.74, 6) is 3.40. The van der Waals surface area contributed by atoms with Gasteiger partial charge in [-0.2, -0.15) is 0 Å². The fourth-order valence-electron chi connectivity index (χ4n) is 2.48. The summed E-state index contributed by atoms with van der Waals surface area (Å²) in [5, 5.41) is 6.59. The average molecular weight is 249 g/mol. The van der Waals surface area contributed by atoms with E-state index in [0.29, 0.717) is 0 Å². The van der Waals surface area contributed by atoms with Gasteiger partial charge in [-0.3, -0.25) is 0 Å². The number of hydrogen-bond donors (Lipinski definition) is 2. The molecular formula is C13H23N5. The van der Waals surface area contributed by atoms with Crippen molar-refractivity contribution in [2.45, 2.75) is 20.3 Å². The van der Waals surface area contributed by atoms with E-state index < -0.39 is 0 Å². The average Bonchev–Trinajstić information content (AvgIpc) is 2.75. The first-order chi connectivity index (χ1) is 8.60. The molecule has 1 aliphatic heterocycles. The Hall–Kier alpha value is -1.36. The summed E-state index contributed by atoms with van der Waals surface area (Å²) in [6.45, 7) is 7.35. The molecule has 5 heteroatoms. The summed E-state index contributed by atoms with van der Waals surface area (Å²) in [6, 6.07) is 0. The second-order valence-electron chi connectivity index (χ2n) is 5.14. The molecule has 18 heavy (non-hydrogen) atoms. The molecule has 1 fully saturated rings. The maximum Gasteiger partial charge on any atom is 0.134 e. The molecule has 1 aromatic heterocycles. The van der Waals surface area contributed by atoms with Crippen molar-refractivity contribution in [3.8, 4) is 0 Å². The maximum atomic E-state index is 4.49. The van der Waals surface area contributed by atoms with Crippen molar-refractivity contribution in [3.05, 3.63) is 11.4 Å². The zero-order chi connectivity index (χ0) is 13.1. The third kappa shape index (κ3) is 2.90. The first-order valence-corrected chi connectivity index (χ1v) is 6.55. The highest BCUT2D eigenvalue weighted by atomic mass is 15.1. The van der Waals surface area contributed by atoms with Gasteiger partial charge in [0, 0.05) is 25.7 Å². The molecule has 1 unspecified atom stereocenters. The number of rotatable bonds is 4. The third-order valence-electron chi connectivity index (χ3n) is 3.54. The van der Waals surface area contributed by atoms with Gasteiger partial charge in [0.25, 0.3) is 0 Å². The molecule has 0 radical (unpaired) electrons. The van der Waals surface area contributed by atoms with E-state index >= 15 is 0 Å². The fraction of sp³-hybridized carbons (Fsp3) is 0.692. The molecule has 100 valence electrons. The third-order valence-corrected chi connectivity index (χ3v) is 3.54.